The summed E-state index contributed by atoms with van der Waals surface area (Å²) < 4.78 is 25.0. The van der Waals surface area contributed by atoms with Crippen molar-refractivity contribution in [2.24, 2.45) is 0 Å². The molecule has 0 unspecified atom stereocenters. The third-order valence-corrected chi connectivity index (χ3v) is 6.02. The molecule has 0 atom stereocenters. The first kappa shape index (κ1) is 17.3. The molecule has 1 aromatic heterocycles. The zero-order valence-corrected chi connectivity index (χ0v) is 14.8. The van der Waals surface area contributed by atoms with Crippen LogP contribution in [0.4, 0.5) is 0 Å². The summed E-state index contributed by atoms with van der Waals surface area (Å²) >= 11 is 12.9. The highest BCUT2D eigenvalue weighted by atomic mass is 35.5. The van der Waals surface area contributed by atoms with Crippen LogP contribution < -0.4 is 0 Å². The van der Waals surface area contributed by atoms with E-state index in [-0.39, 0.29) is 4.90 Å². The monoisotopic (exact) mass is 377 g/mol. The molecule has 1 aromatic carbocycles. The molecule has 0 radical (unpaired) electrons. The maximum Gasteiger partial charge on any atom is 0.238 e. The molecule has 1 heterocycles. The highest BCUT2D eigenvalue weighted by molar-refractivity contribution is 7.92. The van der Waals surface area contributed by atoms with Crippen LogP contribution in [0.2, 0.25) is 9.36 Å². The quantitative estimate of drug-likeness (QED) is 0.801. The number of thiophene rings is 1. The summed E-state index contributed by atoms with van der Waals surface area (Å²) in [4.78, 5) is 14.4. The van der Waals surface area contributed by atoms with Gasteiger partial charge in [0.25, 0.3) is 0 Å². The van der Waals surface area contributed by atoms with Gasteiger partial charge in [-0.05, 0) is 36.4 Å². The molecule has 0 saturated heterocycles. The van der Waals surface area contributed by atoms with Crippen LogP contribution in [0.1, 0.15) is 4.88 Å². The van der Waals surface area contributed by atoms with Crippen molar-refractivity contribution < 1.29 is 13.2 Å². The molecule has 2 aromatic rings. The Bertz CT molecular complexity index is 770. The fourth-order valence-corrected chi connectivity index (χ4v) is 4.29. The lowest BCUT2D eigenvalue weighted by molar-refractivity contribution is -0.127. The van der Waals surface area contributed by atoms with Crippen LogP contribution in [0.3, 0.4) is 0 Å². The molecule has 0 aliphatic rings. The summed E-state index contributed by atoms with van der Waals surface area (Å²) in [6.45, 7) is 0.326. The fraction of sp³-hybridized carbons (Fsp3) is 0.214. The summed E-state index contributed by atoms with van der Waals surface area (Å²) in [6.07, 6.45) is 0. The Kier molecular flexibility index (Phi) is 5.50. The Morgan fingerprint density at radius 3 is 2.32 bits per heavy atom. The van der Waals surface area contributed by atoms with Crippen molar-refractivity contribution in [3.63, 3.8) is 0 Å². The predicted molar refractivity (Wildman–Crippen MR) is 89.3 cm³/mol. The number of hydrogen-bond donors (Lipinski definition) is 0. The van der Waals surface area contributed by atoms with E-state index in [9.17, 15) is 13.2 Å². The van der Waals surface area contributed by atoms with Crippen LogP contribution in [0.15, 0.2) is 41.3 Å². The summed E-state index contributed by atoms with van der Waals surface area (Å²) in [7, 11) is -2.12. The van der Waals surface area contributed by atoms with Gasteiger partial charge >= 0.3 is 0 Å². The lowest BCUT2D eigenvalue weighted by Crippen LogP contribution is -2.31. The van der Waals surface area contributed by atoms with Crippen molar-refractivity contribution in [2.75, 3.05) is 12.8 Å². The molecule has 0 saturated carbocycles. The smallest absolute Gasteiger partial charge is 0.238 e. The first-order valence-electron chi connectivity index (χ1n) is 6.24. The van der Waals surface area contributed by atoms with Crippen molar-refractivity contribution in [2.45, 2.75) is 11.4 Å². The summed E-state index contributed by atoms with van der Waals surface area (Å²) in [6, 6.07) is 9.30. The number of rotatable bonds is 5. The van der Waals surface area contributed by atoms with Gasteiger partial charge in [0, 0.05) is 16.9 Å². The van der Waals surface area contributed by atoms with E-state index in [1.807, 2.05) is 6.07 Å². The molecule has 0 spiro atoms. The second kappa shape index (κ2) is 7.00. The van der Waals surface area contributed by atoms with E-state index in [0.717, 1.165) is 4.88 Å². The standard InChI is InChI=1S/C14H13Cl2NO3S2/c1-17(8-11-4-7-13(16)21-11)14(18)9-22(19,20)12-5-2-10(15)3-6-12/h2-7H,8-9H2,1H3. The minimum Gasteiger partial charge on any atom is -0.340 e. The van der Waals surface area contributed by atoms with Gasteiger partial charge in [-0.15, -0.1) is 11.3 Å². The van der Waals surface area contributed by atoms with Crippen molar-refractivity contribution >= 4 is 50.3 Å². The maximum absolute atomic E-state index is 12.2. The first-order chi connectivity index (χ1) is 10.3. The van der Waals surface area contributed by atoms with Crippen molar-refractivity contribution in [3.05, 3.63) is 50.6 Å². The molecule has 8 heteroatoms. The van der Waals surface area contributed by atoms with Gasteiger partial charge in [0.15, 0.2) is 9.84 Å². The van der Waals surface area contributed by atoms with Crippen LogP contribution in [-0.2, 0) is 21.2 Å². The van der Waals surface area contributed by atoms with E-state index >= 15 is 0 Å². The second-order valence-corrected chi connectivity index (χ2v) is 8.89. The van der Waals surface area contributed by atoms with Crippen LogP contribution >= 0.6 is 34.5 Å². The molecule has 0 aliphatic carbocycles. The van der Waals surface area contributed by atoms with Gasteiger partial charge in [0.05, 0.1) is 15.8 Å². The molecule has 118 valence electrons. The third-order valence-electron chi connectivity index (χ3n) is 2.93. The molecule has 2 rings (SSSR count). The number of carbonyl (C=O) groups is 1. The van der Waals surface area contributed by atoms with Crippen LogP contribution in [0.5, 0.6) is 0 Å². The lowest BCUT2D eigenvalue weighted by Gasteiger charge is -2.16. The minimum absolute atomic E-state index is 0.0813. The summed E-state index contributed by atoms with van der Waals surface area (Å²) in [5.41, 5.74) is 0. The average Bonchev–Trinajstić information content (AvgIpc) is 2.84. The van der Waals surface area contributed by atoms with Crippen molar-refractivity contribution in [1.82, 2.24) is 4.90 Å². The fourth-order valence-electron chi connectivity index (χ4n) is 1.76. The van der Waals surface area contributed by atoms with Gasteiger partial charge in [0.1, 0.15) is 5.75 Å². The van der Waals surface area contributed by atoms with Gasteiger partial charge in [-0.1, -0.05) is 23.2 Å². The molecule has 1 amide bonds. The Morgan fingerprint density at radius 2 is 1.77 bits per heavy atom. The van der Waals surface area contributed by atoms with Gasteiger partial charge in [-0.3, -0.25) is 4.79 Å². The van der Waals surface area contributed by atoms with E-state index in [2.05, 4.69) is 0 Å². The number of carbonyl (C=O) groups excluding carboxylic acids is 1. The zero-order chi connectivity index (χ0) is 16.3. The zero-order valence-electron chi connectivity index (χ0n) is 11.6. The summed E-state index contributed by atoms with van der Waals surface area (Å²) in [5.74, 6) is -1.05. The van der Waals surface area contributed by atoms with Crippen LogP contribution in [-0.4, -0.2) is 32.0 Å². The minimum atomic E-state index is -3.68. The highest BCUT2D eigenvalue weighted by Crippen LogP contribution is 2.22. The van der Waals surface area contributed by atoms with E-state index < -0.39 is 21.5 Å². The van der Waals surface area contributed by atoms with Crippen molar-refractivity contribution in [3.8, 4) is 0 Å². The molecule has 0 fully saturated rings. The largest absolute Gasteiger partial charge is 0.340 e. The molecule has 0 N–H and O–H groups in total. The van der Waals surface area contributed by atoms with E-state index in [1.165, 1.54) is 40.5 Å². The van der Waals surface area contributed by atoms with E-state index in [4.69, 9.17) is 23.2 Å². The number of benzene rings is 1. The molecule has 22 heavy (non-hydrogen) atoms. The summed E-state index contributed by atoms with van der Waals surface area (Å²) in [5, 5.41) is 0.442. The van der Waals surface area contributed by atoms with Crippen molar-refractivity contribution in [1.29, 1.82) is 0 Å². The number of sulfone groups is 1. The predicted octanol–water partition coefficient (Wildman–Crippen LogP) is 3.49. The number of halogens is 2. The maximum atomic E-state index is 12.2. The Labute approximate surface area is 143 Å². The molecule has 0 aliphatic heterocycles. The van der Waals surface area contributed by atoms with Crippen LogP contribution in [0.25, 0.3) is 0 Å². The van der Waals surface area contributed by atoms with E-state index in [1.54, 1.807) is 13.1 Å². The molecular formula is C14H13Cl2NO3S2. The second-order valence-electron chi connectivity index (χ2n) is 4.67. The number of hydrogen-bond acceptors (Lipinski definition) is 4. The first-order valence-corrected chi connectivity index (χ1v) is 9.47. The van der Waals surface area contributed by atoms with E-state index in [0.29, 0.717) is 15.9 Å². The Morgan fingerprint density at radius 1 is 1.14 bits per heavy atom. The molecular weight excluding hydrogens is 365 g/mol. The Hall–Kier alpha value is -1.08. The topological polar surface area (TPSA) is 54.5 Å². The molecule has 0 bridgehead atoms. The van der Waals surface area contributed by atoms with Gasteiger partial charge in [-0.2, -0.15) is 0 Å². The number of amides is 1. The highest BCUT2D eigenvalue weighted by Gasteiger charge is 2.22. The van der Waals surface area contributed by atoms with Gasteiger partial charge < -0.3 is 4.90 Å². The lowest BCUT2D eigenvalue weighted by atomic mass is 10.4. The van der Waals surface area contributed by atoms with Crippen LogP contribution in [0, 0.1) is 0 Å². The Balaban J connectivity index is 2.05. The van der Waals surface area contributed by atoms with Gasteiger partial charge in [0.2, 0.25) is 5.91 Å². The third kappa shape index (κ3) is 4.46. The number of nitrogens with zero attached hydrogens (tertiary/aromatic N) is 1. The normalized spacial score (nSPS) is 11.4. The SMILES string of the molecule is CN(Cc1ccc(Cl)s1)C(=O)CS(=O)(=O)c1ccc(Cl)cc1. The molecule has 4 nitrogen and oxygen atoms in total. The van der Waals surface area contributed by atoms with Gasteiger partial charge in [-0.25, -0.2) is 8.42 Å². The average molecular weight is 378 g/mol.